The van der Waals surface area contributed by atoms with Crippen LogP contribution in [0.1, 0.15) is 32.1 Å². The lowest BCUT2D eigenvalue weighted by atomic mass is 9.85. The zero-order valence-corrected chi connectivity index (χ0v) is 17.4. The van der Waals surface area contributed by atoms with Gasteiger partial charge in [-0.15, -0.1) is 0 Å². The first-order valence-corrected chi connectivity index (χ1v) is 11.7. The molecule has 0 spiro atoms. The second-order valence-corrected chi connectivity index (χ2v) is 9.63. The van der Waals surface area contributed by atoms with Crippen molar-refractivity contribution >= 4 is 15.9 Å². The summed E-state index contributed by atoms with van der Waals surface area (Å²) in [6, 6.07) is 3.85. The minimum Gasteiger partial charge on any atom is -0.486 e. The van der Waals surface area contributed by atoms with Gasteiger partial charge in [-0.2, -0.15) is 4.31 Å². The average molecular weight is 425 g/mol. The molecule has 3 atom stereocenters. The maximum absolute atomic E-state index is 13.6. The maximum atomic E-state index is 13.6. The molecule has 4 rings (SSSR count). The fourth-order valence-corrected chi connectivity index (χ4v) is 6.58. The summed E-state index contributed by atoms with van der Waals surface area (Å²) in [6.07, 6.45) is 4.37. The monoisotopic (exact) mass is 424 g/mol. The molecule has 2 heterocycles. The van der Waals surface area contributed by atoms with Crippen LogP contribution in [0.5, 0.6) is 11.5 Å². The van der Waals surface area contributed by atoms with Gasteiger partial charge in [-0.3, -0.25) is 4.79 Å². The largest absolute Gasteiger partial charge is 0.486 e. The number of benzene rings is 1. The van der Waals surface area contributed by atoms with Gasteiger partial charge in [-0.25, -0.2) is 8.42 Å². The lowest BCUT2D eigenvalue weighted by Gasteiger charge is -2.33. The van der Waals surface area contributed by atoms with E-state index < -0.39 is 16.1 Å². The van der Waals surface area contributed by atoms with Gasteiger partial charge in [0.1, 0.15) is 19.3 Å². The number of nitrogens with zero attached hydrogens (tertiary/aromatic N) is 1. The topological polar surface area (TPSA) is 94.2 Å². The molecule has 0 radical (unpaired) electrons. The molecule has 2 fully saturated rings. The predicted octanol–water partition coefficient (Wildman–Crippen LogP) is 1.54. The van der Waals surface area contributed by atoms with Crippen molar-refractivity contribution in [1.29, 1.82) is 0 Å². The SMILES string of the molecule is COCCNC(=O)C1CC2CCCCC2N1S(=O)(=O)c1ccc2c(c1)OCCO2. The first-order valence-electron chi connectivity index (χ1n) is 10.2. The molecule has 1 saturated carbocycles. The molecule has 1 saturated heterocycles. The zero-order valence-electron chi connectivity index (χ0n) is 16.6. The summed E-state index contributed by atoms with van der Waals surface area (Å²) in [6.45, 7) is 1.58. The summed E-state index contributed by atoms with van der Waals surface area (Å²) in [4.78, 5) is 13.0. The number of nitrogens with one attached hydrogen (secondary N) is 1. The highest BCUT2D eigenvalue weighted by molar-refractivity contribution is 7.89. The lowest BCUT2D eigenvalue weighted by molar-refractivity contribution is -0.124. The highest BCUT2D eigenvalue weighted by Crippen LogP contribution is 2.43. The number of ether oxygens (including phenoxy) is 3. The van der Waals surface area contributed by atoms with Crippen molar-refractivity contribution < 1.29 is 27.4 Å². The first kappa shape index (κ1) is 20.4. The summed E-state index contributed by atoms with van der Waals surface area (Å²) >= 11 is 0. The Kier molecular flexibility index (Phi) is 5.98. The average Bonchev–Trinajstić information content (AvgIpc) is 3.14. The number of hydrogen-bond donors (Lipinski definition) is 1. The van der Waals surface area contributed by atoms with Crippen molar-refractivity contribution in [3.8, 4) is 11.5 Å². The number of sulfonamides is 1. The van der Waals surface area contributed by atoms with E-state index in [4.69, 9.17) is 14.2 Å². The molecule has 3 aliphatic rings. The minimum absolute atomic E-state index is 0.139. The second-order valence-electron chi connectivity index (χ2n) is 7.79. The Labute approximate surface area is 171 Å². The van der Waals surface area contributed by atoms with Crippen molar-refractivity contribution in [3.05, 3.63) is 18.2 Å². The first-order chi connectivity index (χ1) is 14.0. The Morgan fingerprint density at radius 1 is 1.21 bits per heavy atom. The smallest absolute Gasteiger partial charge is 0.244 e. The molecular formula is C20H28N2O6S. The van der Waals surface area contributed by atoms with Gasteiger partial charge in [0.25, 0.3) is 0 Å². The van der Waals surface area contributed by atoms with E-state index in [0.717, 1.165) is 25.7 Å². The highest BCUT2D eigenvalue weighted by atomic mass is 32.2. The van der Waals surface area contributed by atoms with Crippen molar-refractivity contribution in [2.45, 2.75) is 49.1 Å². The highest BCUT2D eigenvalue weighted by Gasteiger charge is 2.51. The van der Waals surface area contributed by atoms with Crippen molar-refractivity contribution in [3.63, 3.8) is 0 Å². The van der Waals surface area contributed by atoms with Gasteiger partial charge < -0.3 is 19.5 Å². The molecule has 2 aliphatic heterocycles. The number of methoxy groups -OCH3 is 1. The van der Waals surface area contributed by atoms with Crippen LogP contribution in [0.3, 0.4) is 0 Å². The van der Waals surface area contributed by atoms with Crippen LogP contribution >= 0.6 is 0 Å². The normalized spacial score (nSPS) is 26.7. The van der Waals surface area contributed by atoms with E-state index in [2.05, 4.69) is 5.32 Å². The molecule has 1 aliphatic carbocycles. The van der Waals surface area contributed by atoms with Crippen LogP contribution < -0.4 is 14.8 Å². The van der Waals surface area contributed by atoms with Crippen LogP contribution in [0.15, 0.2) is 23.1 Å². The number of carbonyl (C=O) groups is 1. The lowest BCUT2D eigenvalue weighted by Crippen LogP contribution is -2.49. The van der Waals surface area contributed by atoms with Crippen molar-refractivity contribution in [2.24, 2.45) is 5.92 Å². The molecule has 1 aromatic carbocycles. The quantitative estimate of drug-likeness (QED) is 0.697. The van der Waals surface area contributed by atoms with Gasteiger partial charge in [0.2, 0.25) is 15.9 Å². The fourth-order valence-electron chi connectivity index (χ4n) is 4.69. The standard InChI is InChI=1S/C20H28N2O6S/c1-26-9-8-21-20(23)17-12-14-4-2-3-5-16(14)22(17)29(24,25)15-6-7-18-19(13-15)28-11-10-27-18/h6-7,13-14,16-17H,2-5,8-12H2,1H3,(H,21,23). The molecule has 1 aromatic rings. The Hall–Kier alpha value is -1.84. The number of amides is 1. The van der Waals surface area contributed by atoms with Gasteiger partial charge in [0.05, 0.1) is 11.5 Å². The van der Waals surface area contributed by atoms with E-state index in [1.54, 1.807) is 19.2 Å². The van der Waals surface area contributed by atoms with Crippen LogP contribution in [0.4, 0.5) is 0 Å². The van der Waals surface area contributed by atoms with Crippen LogP contribution in [0.2, 0.25) is 0 Å². The summed E-state index contributed by atoms with van der Waals surface area (Å²) in [5.74, 6) is 0.935. The zero-order chi connectivity index (χ0) is 20.4. The molecule has 0 bridgehead atoms. The molecule has 29 heavy (non-hydrogen) atoms. The predicted molar refractivity (Wildman–Crippen MR) is 105 cm³/mol. The molecule has 0 aromatic heterocycles. The molecule has 8 nitrogen and oxygen atoms in total. The molecule has 1 N–H and O–H groups in total. The number of carbonyl (C=O) groups excluding carboxylic acids is 1. The molecular weight excluding hydrogens is 396 g/mol. The summed E-state index contributed by atoms with van der Waals surface area (Å²) in [5, 5.41) is 2.82. The third-order valence-corrected chi connectivity index (χ3v) is 7.96. The van der Waals surface area contributed by atoms with Gasteiger partial charge in [-0.05, 0) is 37.3 Å². The number of rotatable bonds is 6. The van der Waals surface area contributed by atoms with Crippen LogP contribution in [0, 0.1) is 5.92 Å². The third-order valence-electron chi connectivity index (χ3n) is 6.03. The van der Waals surface area contributed by atoms with Crippen LogP contribution in [-0.2, 0) is 19.6 Å². The number of fused-ring (bicyclic) bond motifs is 2. The van der Waals surface area contributed by atoms with E-state index >= 15 is 0 Å². The van der Waals surface area contributed by atoms with Gasteiger partial charge in [-0.1, -0.05) is 12.8 Å². The van der Waals surface area contributed by atoms with Gasteiger partial charge >= 0.3 is 0 Å². The summed E-state index contributed by atoms with van der Waals surface area (Å²) in [5.41, 5.74) is 0. The molecule has 9 heteroatoms. The van der Waals surface area contributed by atoms with E-state index in [9.17, 15) is 13.2 Å². The maximum Gasteiger partial charge on any atom is 0.244 e. The van der Waals surface area contributed by atoms with Gasteiger partial charge in [0.15, 0.2) is 11.5 Å². The van der Waals surface area contributed by atoms with Crippen molar-refractivity contribution in [1.82, 2.24) is 9.62 Å². The van der Waals surface area contributed by atoms with E-state index in [1.165, 1.54) is 10.4 Å². The summed E-state index contributed by atoms with van der Waals surface area (Å²) in [7, 11) is -2.30. The van der Waals surface area contributed by atoms with Crippen molar-refractivity contribution in [2.75, 3.05) is 33.5 Å². The van der Waals surface area contributed by atoms with E-state index in [1.807, 2.05) is 0 Å². The Morgan fingerprint density at radius 2 is 1.97 bits per heavy atom. The van der Waals surface area contributed by atoms with Crippen LogP contribution in [0.25, 0.3) is 0 Å². The Bertz CT molecular complexity index is 859. The number of hydrogen-bond acceptors (Lipinski definition) is 6. The van der Waals surface area contributed by atoms with Crippen LogP contribution in [-0.4, -0.2) is 64.2 Å². The summed E-state index contributed by atoms with van der Waals surface area (Å²) < 4.78 is 44.8. The molecule has 3 unspecified atom stereocenters. The minimum atomic E-state index is -3.86. The third kappa shape index (κ3) is 3.95. The Morgan fingerprint density at radius 3 is 2.76 bits per heavy atom. The Balaban J connectivity index is 1.65. The molecule has 160 valence electrons. The second kappa shape index (κ2) is 8.49. The fraction of sp³-hybridized carbons (Fsp3) is 0.650. The molecule has 1 amide bonds. The van der Waals surface area contributed by atoms with E-state index in [-0.39, 0.29) is 22.8 Å². The van der Waals surface area contributed by atoms with Gasteiger partial charge in [0, 0.05) is 25.8 Å². The van der Waals surface area contributed by atoms with E-state index in [0.29, 0.717) is 44.3 Å².